The topological polar surface area (TPSA) is 60.4 Å². The van der Waals surface area contributed by atoms with Crippen molar-refractivity contribution in [1.29, 1.82) is 0 Å². The van der Waals surface area contributed by atoms with Gasteiger partial charge < -0.3 is 19.9 Å². The number of amides is 1. The number of guanidine groups is 1. The van der Waals surface area contributed by atoms with E-state index in [1.165, 1.54) is 4.88 Å². The molecule has 0 spiro atoms. The van der Waals surface area contributed by atoms with E-state index in [0.29, 0.717) is 25.7 Å². The highest BCUT2D eigenvalue weighted by atomic mass is 32.1. The second-order valence-corrected chi connectivity index (χ2v) is 8.35. The van der Waals surface area contributed by atoms with Crippen molar-refractivity contribution >= 4 is 23.2 Å². The maximum Gasteiger partial charge on any atom is 0.236 e. The Balaban J connectivity index is 1.48. The van der Waals surface area contributed by atoms with Crippen LogP contribution in [-0.2, 0) is 9.53 Å². The lowest BCUT2D eigenvalue weighted by Gasteiger charge is -2.37. The van der Waals surface area contributed by atoms with Crippen LogP contribution in [0.5, 0.6) is 0 Å². The molecule has 0 bridgehead atoms. The molecule has 3 heterocycles. The van der Waals surface area contributed by atoms with Gasteiger partial charge in [0.05, 0.1) is 26.3 Å². The van der Waals surface area contributed by atoms with E-state index in [1.54, 1.807) is 11.3 Å². The number of aliphatic imine (C=N–C) groups is 1. The molecular formula is C20H33N5O2S. The van der Waals surface area contributed by atoms with Gasteiger partial charge in [0, 0.05) is 56.6 Å². The number of hydrogen-bond donors (Lipinski definition) is 1. The van der Waals surface area contributed by atoms with Gasteiger partial charge in [-0.3, -0.25) is 14.7 Å². The lowest BCUT2D eigenvalue weighted by atomic mass is 10.1. The van der Waals surface area contributed by atoms with Crippen LogP contribution in [0.2, 0.25) is 0 Å². The van der Waals surface area contributed by atoms with Gasteiger partial charge in [-0.25, -0.2) is 0 Å². The second kappa shape index (κ2) is 10.8. The number of carbonyl (C=O) groups is 1. The van der Waals surface area contributed by atoms with Crippen molar-refractivity contribution < 1.29 is 9.53 Å². The summed E-state index contributed by atoms with van der Waals surface area (Å²) in [6.07, 6.45) is 0. The highest BCUT2D eigenvalue weighted by molar-refractivity contribution is 7.10. The van der Waals surface area contributed by atoms with E-state index in [-0.39, 0.29) is 5.91 Å². The third-order valence-electron chi connectivity index (χ3n) is 5.27. The summed E-state index contributed by atoms with van der Waals surface area (Å²) >= 11 is 1.80. The standard InChI is InChI=1S/C20H33N5O2S/c1-3-21-20(22-15-17(2)18-5-4-14-28-18)25-8-6-23(7-9-25)16-19(26)24-10-12-27-13-11-24/h4-5,14,17H,3,6-13,15-16H2,1-2H3,(H,21,22). The molecule has 2 aliphatic rings. The van der Waals surface area contributed by atoms with Crippen molar-refractivity contribution in [3.63, 3.8) is 0 Å². The predicted octanol–water partition coefficient (Wildman–Crippen LogP) is 1.29. The Labute approximate surface area is 172 Å². The lowest BCUT2D eigenvalue weighted by molar-refractivity contribution is -0.136. The van der Waals surface area contributed by atoms with Crippen molar-refractivity contribution in [2.45, 2.75) is 19.8 Å². The number of nitrogens with one attached hydrogen (secondary N) is 1. The summed E-state index contributed by atoms with van der Waals surface area (Å²) in [5.74, 6) is 1.65. The van der Waals surface area contributed by atoms with Crippen LogP contribution in [0.25, 0.3) is 0 Å². The number of ether oxygens (including phenoxy) is 1. The molecule has 3 rings (SSSR count). The molecule has 28 heavy (non-hydrogen) atoms. The van der Waals surface area contributed by atoms with Gasteiger partial charge in [0.25, 0.3) is 0 Å². The zero-order valence-electron chi connectivity index (χ0n) is 17.1. The maximum absolute atomic E-state index is 12.5. The summed E-state index contributed by atoms with van der Waals surface area (Å²) in [5, 5.41) is 5.56. The van der Waals surface area contributed by atoms with Crippen LogP contribution in [-0.4, -0.2) is 98.7 Å². The van der Waals surface area contributed by atoms with E-state index >= 15 is 0 Å². The van der Waals surface area contributed by atoms with Gasteiger partial charge >= 0.3 is 0 Å². The molecule has 1 unspecified atom stereocenters. The Morgan fingerprint density at radius 1 is 1.21 bits per heavy atom. The van der Waals surface area contributed by atoms with Gasteiger partial charge in [0.15, 0.2) is 5.96 Å². The number of piperazine rings is 1. The summed E-state index contributed by atoms with van der Waals surface area (Å²) in [6.45, 7) is 12.8. The van der Waals surface area contributed by atoms with Gasteiger partial charge in [0.2, 0.25) is 5.91 Å². The summed E-state index contributed by atoms with van der Waals surface area (Å²) in [7, 11) is 0. The van der Waals surface area contributed by atoms with Crippen molar-refractivity contribution in [2.24, 2.45) is 4.99 Å². The number of carbonyl (C=O) groups excluding carboxylic acids is 1. The van der Waals surface area contributed by atoms with Crippen LogP contribution in [0.3, 0.4) is 0 Å². The average molecular weight is 408 g/mol. The zero-order chi connectivity index (χ0) is 19.8. The average Bonchev–Trinajstić information content (AvgIpc) is 3.27. The largest absolute Gasteiger partial charge is 0.378 e. The number of morpholine rings is 1. The quantitative estimate of drug-likeness (QED) is 0.569. The Hall–Kier alpha value is -1.64. The van der Waals surface area contributed by atoms with Gasteiger partial charge in [-0.15, -0.1) is 11.3 Å². The Morgan fingerprint density at radius 2 is 1.96 bits per heavy atom. The fourth-order valence-electron chi connectivity index (χ4n) is 3.53. The first-order valence-corrected chi connectivity index (χ1v) is 11.2. The fraction of sp³-hybridized carbons (Fsp3) is 0.700. The molecule has 2 fully saturated rings. The molecule has 1 aromatic rings. The molecular weight excluding hydrogens is 374 g/mol. The van der Waals surface area contributed by atoms with Gasteiger partial charge in [-0.2, -0.15) is 0 Å². The molecule has 1 aromatic heterocycles. The molecule has 156 valence electrons. The van der Waals surface area contributed by atoms with E-state index < -0.39 is 0 Å². The molecule has 1 atom stereocenters. The molecule has 0 radical (unpaired) electrons. The van der Waals surface area contributed by atoms with E-state index in [9.17, 15) is 4.79 Å². The van der Waals surface area contributed by atoms with E-state index in [1.807, 2.05) is 4.90 Å². The SMILES string of the molecule is CCNC(=NCC(C)c1cccs1)N1CCN(CC(=O)N2CCOCC2)CC1. The third kappa shape index (κ3) is 5.93. The molecule has 0 aromatic carbocycles. The minimum atomic E-state index is 0.224. The predicted molar refractivity (Wildman–Crippen MR) is 114 cm³/mol. The fourth-order valence-corrected chi connectivity index (χ4v) is 4.31. The summed E-state index contributed by atoms with van der Waals surface area (Å²) < 4.78 is 5.33. The molecule has 0 saturated carbocycles. The monoisotopic (exact) mass is 407 g/mol. The second-order valence-electron chi connectivity index (χ2n) is 7.37. The molecule has 7 nitrogen and oxygen atoms in total. The van der Waals surface area contributed by atoms with E-state index in [4.69, 9.17) is 9.73 Å². The zero-order valence-corrected chi connectivity index (χ0v) is 17.9. The van der Waals surface area contributed by atoms with Crippen molar-refractivity contribution in [2.75, 3.05) is 72.1 Å². The Bertz CT molecular complexity index is 623. The first-order chi connectivity index (χ1) is 13.7. The van der Waals surface area contributed by atoms with Crippen LogP contribution >= 0.6 is 11.3 Å². The van der Waals surface area contributed by atoms with Crippen LogP contribution < -0.4 is 5.32 Å². The van der Waals surface area contributed by atoms with E-state index in [0.717, 1.165) is 58.3 Å². The molecule has 8 heteroatoms. The highest BCUT2D eigenvalue weighted by Crippen LogP contribution is 2.20. The molecule has 0 aliphatic carbocycles. The molecule has 1 N–H and O–H groups in total. The first kappa shape index (κ1) is 21.1. The maximum atomic E-state index is 12.5. The van der Waals surface area contributed by atoms with Crippen molar-refractivity contribution in [3.05, 3.63) is 22.4 Å². The van der Waals surface area contributed by atoms with Crippen LogP contribution in [0.15, 0.2) is 22.5 Å². The van der Waals surface area contributed by atoms with Crippen molar-refractivity contribution in [1.82, 2.24) is 20.0 Å². The van der Waals surface area contributed by atoms with Crippen LogP contribution in [0.1, 0.15) is 24.6 Å². The Morgan fingerprint density at radius 3 is 2.61 bits per heavy atom. The third-order valence-corrected chi connectivity index (χ3v) is 6.38. The van der Waals surface area contributed by atoms with Crippen LogP contribution in [0.4, 0.5) is 0 Å². The minimum absolute atomic E-state index is 0.224. The number of thiophene rings is 1. The van der Waals surface area contributed by atoms with Gasteiger partial charge in [0.1, 0.15) is 0 Å². The number of rotatable bonds is 6. The number of hydrogen-bond acceptors (Lipinski definition) is 5. The van der Waals surface area contributed by atoms with E-state index in [2.05, 4.69) is 46.5 Å². The minimum Gasteiger partial charge on any atom is -0.378 e. The van der Waals surface area contributed by atoms with Gasteiger partial charge in [-0.1, -0.05) is 13.0 Å². The van der Waals surface area contributed by atoms with Crippen LogP contribution in [0, 0.1) is 0 Å². The highest BCUT2D eigenvalue weighted by Gasteiger charge is 2.24. The number of nitrogens with zero attached hydrogens (tertiary/aromatic N) is 4. The van der Waals surface area contributed by atoms with Gasteiger partial charge in [-0.05, 0) is 18.4 Å². The van der Waals surface area contributed by atoms with Crippen molar-refractivity contribution in [3.8, 4) is 0 Å². The smallest absolute Gasteiger partial charge is 0.236 e. The molecule has 1 amide bonds. The first-order valence-electron chi connectivity index (χ1n) is 10.3. The normalized spacial score (nSPS) is 20.3. The summed E-state index contributed by atoms with van der Waals surface area (Å²) in [4.78, 5) is 25.2. The summed E-state index contributed by atoms with van der Waals surface area (Å²) in [5.41, 5.74) is 0. The lowest BCUT2D eigenvalue weighted by Crippen LogP contribution is -2.55. The summed E-state index contributed by atoms with van der Waals surface area (Å²) in [6, 6.07) is 4.28. The molecule has 2 aliphatic heterocycles. The Kier molecular flexibility index (Phi) is 8.12. The molecule has 2 saturated heterocycles.